The molecular formula is C10H20ClN3O2. The van der Waals surface area contributed by atoms with Crippen molar-refractivity contribution < 1.29 is 9.53 Å². The molecule has 2 fully saturated rings. The molecule has 2 N–H and O–H groups in total. The molecular weight excluding hydrogens is 230 g/mol. The number of amides is 1. The molecule has 1 atom stereocenters. The fourth-order valence-corrected chi connectivity index (χ4v) is 1.99. The second kappa shape index (κ2) is 6.93. The number of carbonyl (C=O) groups is 1. The lowest BCUT2D eigenvalue weighted by Crippen LogP contribution is -2.51. The largest absolute Gasteiger partial charge is 0.448 e. The number of likely N-dealkylation sites (tertiary alicyclic amines) is 1. The molecule has 2 aliphatic rings. The number of piperazine rings is 1. The van der Waals surface area contributed by atoms with E-state index in [-0.39, 0.29) is 24.5 Å². The smallest absolute Gasteiger partial charge is 0.409 e. The molecule has 1 amide bonds. The molecule has 0 bridgehead atoms. The summed E-state index contributed by atoms with van der Waals surface area (Å²) in [6.45, 7) is 5.02. The average molecular weight is 250 g/mol. The Hall–Kier alpha value is -0.520. The summed E-state index contributed by atoms with van der Waals surface area (Å²) in [5, 5.41) is 6.57. The van der Waals surface area contributed by atoms with Gasteiger partial charge in [-0.1, -0.05) is 0 Å². The van der Waals surface area contributed by atoms with Gasteiger partial charge in [0.2, 0.25) is 0 Å². The van der Waals surface area contributed by atoms with Crippen LogP contribution in [0, 0.1) is 0 Å². The van der Waals surface area contributed by atoms with Crippen LogP contribution in [-0.4, -0.2) is 56.4 Å². The molecule has 0 aromatic rings. The summed E-state index contributed by atoms with van der Waals surface area (Å²) < 4.78 is 5.25. The average Bonchev–Trinajstić information content (AvgIpc) is 2.81. The first-order chi connectivity index (χ1) is 7.36. The van der Waals surface area contributed by atoms with Crippen molar-refractivity contribution >= 4 is 18.5 Å². The second-order valence-corrected chi connectivity index (χ2v) is 4.13. The maximum absolute atomic E-state index is 11.5. The van der Waals surface area contributed by atoms with E-state index in [9.17, 15) is 4.79 Å². The highest BCUT2D eigenvalue weighted by Crippen LogP contribution is 2.08. The Morgan fingerprint density at radius 2 is 2.06 bits per heavy atom. The molecule has 2 rings (SSSR count). The third-order valence-electron chi connectivity index (χ3n) is 2.90. The summed E-state index contributed by atoms with van der Waals surface area (Å²) in [5.41, 5.74) is 0. The van der Waals surface area contributed by atoms with Gasteiger partial charge in [-0.05, 0) is 12.8 Å². The molecule has 5 nitrogen and oxygen atoms in total. The van der Waals surface area contributed by atoms with Gasteiger partial charge in [0.1, 0.15) is 6.61 Å². The highest BCUT2D eigenvalue weighted by molar-refractivity contribution is 5.85. The Kier molecular flexibility index (Phi) is 5.87. The Labute approximate surface area is 102 Å². The molecule has 2 aliphatic heterocycles. The van der Waals surface area contributed by atoms with Crippen LogP contribution in [-0.2, 0) is 4.74 Å². The number of nitrogens with zero attached hydrogens (tertiary/aromatic N) is 1. The van der Waals surface area contributed by atoms with E-state index >= 15 is 0 Å². The van der Waals surface area contributed by atoms with Crippen LogP contribution in [0.5, 0.6) is 0 Å². The SMILES string of the molecule is Cl.O=C(OCC1CNCCN1)N1CCCC1. The van der Waals surface area contributed by atoms with Crippen LogP contribution >= 0.6 is 12.4 Å². The maximum Gasteiger partial charge on any atom is 0.409 e. The molecule has 2 heterocycles. The van der Waals surface area contributed by atoms with E-state index in [1.165, 1.54) is 0 Å². The number of ether oxygens (including phenoxy) is 1. The van der Waals surface area contributed by atoms with E-state index in [1.54, 1.807) is 4.90 Å². The van der Waals surface area contributed by atoms with Gasteiger partial charge in [0, 0.05) is 32.7 Å². The van der Waals surface area contributed by atoms with Gasteiger partial charge < -0.3 is 20.3 Å². The molecule has 2 saturated heterocycles. The number of carbonyl (C=O) groups excluding carboxylic acids is 1. The van der Waals surface area contributed by atoms with Crippen molar-refractivity contribution in [3.63, 3.8) is 0 Å². The summed E-state index contributed by atoms with van der Waals surface area (Å²) in [6, 6.07) is 0.269. The van der Waals surface area contributed by atoms with Crippen molar-refractivity contribution in [2.24, 2.45) is 0 Å². The quantitative estimate of drug-likeness (QED) is 0.734. The van der Waals surface area contributed by atoms with E-state index in [2.05, 4.69) is 10.6 Å². The van der Waals surface area contributed by atoms with Crippen LogP contribution in [0.25, 0.3) is 0 Å². The number of hydrogen-bond donors (Lipinski definition) is 2. The highest BCUT2D eigenvalue weighted by atomic mass is 35.5. The van der Waals surface area contributed by atoms with Crippen LogP contribution in [0.4, 0.5) is 4.79 Å². The Balaban J connectivity index is 0.00000128. The van der Waals surface area contributed by atoms with Crippen molar-refractivity contribution in [1.29, 1.82) is 0 Å². The molecule has 0 spiro atoms. The van der Waals surface area contributed by atoms with Crippen molar-refractivity contribution in [3.8, 4) is 0 Å². The van der Waals surface area contributed by atoms with Crippen molar-refractivity contribution in [2.75, 3.05) is 39.3 Å². The topological polar surface area (TPSA) is 53.6 Å². The number of rotatable bonds is 2. The van der Waals surface area contributed by atoms with Gasteiger partial charge in [-0.3, -0.25) is 0 Å². The predicted octanol–water partition coefficient (Wildman–Crippen LogP) is 0.202. The lowest BCUT2D eigenvalue weighted by molar-refractivity contribution is 0.0982. The van der Waals surface area contributed by atoms with E-state index in [0.717, 1.165) is 45.6 Å². The monoisotopic (exact) mass is 249 g/mol. The fourth-order valence-electron chi connectivity index (χ4n) is 1.99. The predicted molar refractivity (Wildman–Crippen MR) is 64.1 cm³/mol. The van der Waals surface area contributed by atoms with Crippen molar-refractivity contribution in [2.45, 2.75) is 18.9 Å². The van der Waals surface area contributed by atoms with Gasteiger partial charge in [-0.25, -0.2) is 4.79 Å². The van der Waals surface area contributed by atoms with Crippen LogP contribution in [0.15, 0.2) is 0 Å². The van der Waals surface area contributed by atoms with Crippen LogP contribution < -0.4 is 10.6 Å². The summed E-state index contributed by atoms with van der Waals surface area (Å²) >= 11 is 0. The minimum absolute atomic E-state index is 0. The van der Waals surface area contributed by atoms with Gasteiger partial charge in [-0.2, -0.15) is 0 Å². The van der Waals surface area contributed by atoms with Gasteiger partial charge >= 0.3 is 6.09 Å². The fraction of sp³-hybridized carbons (Fsp3) is 0.900. The minimum Gasteiger partial charge on any atom is -0.448 e. The minimum atomic E-state index is -0.153. The molecule has 0 aromatic carbocycles. The van der Waals surface area contributed by atoms with Gasteiger partial charge in [-0.15, -0.1) is 12.4 Å². The molecule has 6 heteroatoms. The zero-order valence-corrected chi connectivity index (χ0v) is 10.2. The molecule has 0 radical (unpaired) electrons. The molecule has 16 heavy (non-hydrogen) atoms. The van der Waals surface area contributed by atoms with Crippen LogP contribution in [0.2, 0.25) is 0 Å². The van der Waals surface area contributed by atoms with E-state index < -0.39 is 0 Å². The maximum atomic E-state index is 11.5. The van der Waals surface area contributed by atoms with Gasteiger partial charge in [0.25, 0.3) is 0 Å². The molecule has 1 unspecified atom stereocenters. The highest BCUT2D eigenvalue weighted by Gasteiger charge is 2.21. The first-order valence-electron chi connectivity index (χ1n) is 5.72. The van der Waals surface area contributed by atoms with E-state index in [1.807, 2.05) is 0 Å². The third-order valence-corrected chi connectivity index (χ3v) is 2.90. The molecule has 94 valence electrons. The number of halogens is 1. The molecule has 0 aromatic heterocycles. The summed E-state index contributed by atoms with van der Waals surface area (Å²) in [4.78, 5) is 13.3. The third kappa shape index (κ3) is 3.81. The van der Waals surface area contributed by atoms with Crippen molar-refractivity contribution in [1.82, 2.24) is 15.5 Å². The Morgan fingerprint density at radius 3 is 2.69 bits per heavy atom. The lowest BCUT2D eigenvalue weighted by atomic mass is 10.2. The molecule has 0 aliphatic carbocycles. The first-order valence-corrected chi connectivity index (χ1v) is 5.72. The summed E-state index contributed by atoms with van der Waals surface area (Å²) in [6.07, 6.45) is 2.07. The number of nitrogens with one attached hydrogen (secondary N) is 2. The summed E-state index contributed by atoms with van der Waals surface area (Å²) in [7, 11) is 0. The Morgan fingerprint density at radius 1 is 1.31 bits per heavy atom. The van der Waals surface area contributed by atoms with Crippen LogP contribution in [0.3, 0.4) is 0 Å². The number of hydrogen-bond acceptors (Lipinski definition) is 4. The standard InChI is InChI=1S/C10H19N3O2.ClH/c14-10(13-5-1-2-6-13)15-8-9-7-11-3-4-12-9;/h9,11-12H,1-8H2;1H. The first kappa shape index (κ1) is 13.5. The van der Waals surface area contributed by atoms with Gasteiger partial charge in [0.05, 0.1) is 6.04 Å². The van der Waals surface area contributed by atoms with E-state index in [4.69, 9.17) is 4.74 Å². The van der Waals surface area contributed by atoms with Crippen molar-refractivity contribution in [3.05, 3.63) is 0 Å². The van der Waals surface area contributed by atoms with Crippen LogP contribution in [0.1, 0.15) is 12.8 Å². The Bertz CT molecular complexity index is 216. The second-order valence-electron chi connectivity index (χ2n) is 4.13. The lowest BCUT2D eigenvalue weighted by Gasteiger charge is -2.25. The zero-order chi connectivity index (χ0) is 10.5. The summed E-state index contributed by atoms with van der Waals surface area (Å²) in [5.74, 6) is 0. The van der Waals surface area contributed by atoms with E-state index in [0.29, 0.717) is 6.61 Å². The molecule has 0 saturated carbocycles. The normalized spacial score (nSPS) is 25.0. The zero-order valence-electron chi connectivity index (χ0n) is 9.41. The van der Waals surface area contributed by atoms with Gasteiger partial charge in [0.15, 0.2) is 0 Å².